The van der Waals surface area contributed by atoms with Gasteiger partial charge in [-0.1, -0.05) is 38.1 Å². The maximum absolute atomic E-state index is 3.38. The molecule has 0 bridgehead atoms. The maximum Gasteiger partial charge on any atom is 0.0388 e. The first kappa shape index (κ1) is 14.5. The van der Waals surface area contributed by atoms with Crippen LogP contribution in [0.15, 0.2) is 24.3 Å². The van der Waals surface area contributed by atoms with Crippen molar-refractivity contribution in [2.24, 2.45) is 5.92 Å². The zero-order valence-corrected chi connectivity index (χ0v) is 12.7. The Labute approximate surface area is 118 Å². The van der Waals surface area contributed by atoms with Crippen LogP contribution in [0.1, 0.15) is 43.9 Å². The number of hydrogen-bond donors (Lipinski definition) is 1. The molecule has 2 rings (SSSR count). The van der Waals surface area contributed by atoms with Gasteiger partial charge in [0.05, 0.1) is 0 Å². The Morgan fingerprint density at radius 1 is 1.21 bits per heavy atom. The summed E-state index contributed by atoms with van der Waals surface area (Å²) in [5, 5.41) is 3.38. The highest BCUT2D eigenvalue weighted by molar-refractivity contribution is 5.26. The van der Waals surface area contributed by atoms with Crippen molar-refractivity contribution >= 4 is 0 Å². The lowest BCUT2D eigenvalue weighted by molar-refractivity contribution is 0.0982. The Morgan fingerprint density at radius 3 is 2.53 bits per heavy atom. The number of aryl methyl sites for hydroxylation is 1. The summed E-state index contributed by atoms with van der Waals surface area (Å²) in [5.41, 5.74) is 2.94. The lowest BCUT2D eigenvalue weighted by Crippen LogP contribution is -2.41. The monoisotopic (exact) mass is 260 g/mol. The van der Waals surface area contributed by atoms with Crippen molar-refractivity contribution < 1.29 is 0 Å². The lowest BCUT2D eigenvalue weighted by atomic mass is 9.84. The summed E-state index contributed by atoms with van der Waals surface area (Å²) in [6, 6.07) is 9.89. The highest BCUT2D eigenvalue weighted by atomic mass is 15.2. The summed E-state index contributed by atoms with van der Waals surface area (Å²) < 4.78 is 0. The van der Waals surface area contributed by atoms with Crippen LogP contribution in [-0.2, 0) is 6.42 Å². The van der Waals surface area contributed by atoms with Crippen molar-refractivity contribution in [2.45, 2.75) is 39.2 Å². The Morgan fingerprint density at radius 2 is 1.95 bits per heavy atom. The smallest absolute Gasteiger partial charge is 0.0388 e. The fraction of sp³-hybridized carbons (Fsp3) is 0.647. The van der Waals surface area contributed by atoms with E-state index in [-0.39, 0.29) is 0 Å². The van der Waals surface area contributed by atoms with Gasteiger partial charge in [0, 0.05) is 6.04 Å². The molecule has 0 saturated carbocycles. The predicted octanol–water partition coefficient (Wildman–Crippen LogP) is 3.24. The fourth-order valence-corrected chi connectivity index (χ4v) is 3.42. The van der Waals surface area contributed by atoms with Gasteiger partial charge in [-0.2, -0.15) is 0 Å². The molecule has 0 aliphatic carbocycles. The lowest BCUT2D eigenvalue weighted by Gasteiger charge is -2.41. The molecule has 1 N–H and O–H groups in total. The molecular formula is C17H28N2. The number of nitrogens with zero attached hydrogens (tertiary/aromatic N) is 1. The normalized spacial score (nSPS) is 24.6. The van der Waals surface area contributed by atoms with E-state index in [1.165, 1.54) is 30.5 Å². The fourth-order valence-electron chi connectivity index (χ4n) is 3.42. The first-order valence-electron chi connectivity index (χ1n) is 7.77. The topological polar surface area (TPSA) is 15.3 Å². The van der Waals surface area contributed by atoms with Crippen molar-refractivity contribution in [3.05, 3.63) is 35.4 Å². The third-order valence-electron chi connectivity index (χ3n) is 4.46. The SMILES string of the molecule is CCc1ccc(C2C(CNC)CCCN2CC)cc1. The molecule has 0 amide bonds. The van der Waals surface area contributed by atoms with Gasteiger partial charge in [0.25, 0.3) is 0 Å². The predicted molar refractivity (Wildman–Crippen MR) is 82.5 cm³/mol. The van der Waals surface area contributed by atoms with Crippen molar-refractivity contribution in [2.75, 3.05) is 26.7 Å². The summed E-state index contributed by atoms with van der Waals surface area (Å²) in [5.74, 6) is 0.742. The number of benzene rings is 1. The zero-order chi connectivity index (χ0) is 13.7. The molecular weight excluding hydrogens is 232 g/mol. The van der Waals surface area contributed by atoms with E-state index in [2.05, 4.69) is 55.4 Å². The van der Waals surface area contributed by atoms with Crippen molar-refractivity contribution in [3.63, 3.8) is 0 Å². The second-order valence-electron chi connectivity index (χ2n) is 5.63. The highest BCUT2D eigenvalue weighted by Crippen LogP contribution is 2.35. The quantitative estimate of drug-likeness (QED) is 0.874. The molecule has 0 aromatic heterocycles. The third-order valence-corrected chi connectivity index (χ3v) is 4.46. The van der Waals surface area contributed by atoms with Gasteiger partial charge in [0.1, 0.15) is 0 Å². The molecule has 1 saturated heterocycles. The molecule has 2 nitrogen and oxygen atoms in total. The van der Waals surface area contributed by atoms with Crippen LogP contribution in [-0.4, -0.2) is 31.6 Å². The van der Waals surface area contributed by atoms with Gasteiger partial charge in [-0.25, -0.2) is 0 Å². The Balaban J connectivity index is 2.22. The summed E-state index contributed by atoms with van der Waals surface area (Å²) >= 11 is 0. The minimum Gasteiger partial charge on any atom is -0.319 e. The van der Waals surface area contributed by atoms with Crippen LogP contribution >= 0.6 is 0 Å². The van der Waals surface area contributed by atoms with Gasteiger partial charge in [-0.3, -0.25) is 4.90 Å². The second-order valence-corrected chi connectivity index (χ2v) is 5.63. The molecule has 19 heavy (non-hydrogen) atoms. The van der Waals surface area contributed by atoms with Gasteiger partial charge < -0.3 is 5.32 Å². The summed E-state index contributed by atoms with van der Waals surface area (Å²) in [4.78, 5) is 2.65. The Hall–Kier alpha value is -0.860. The molecule has 2 unspecified atom stereocenters. The molecule has 0 radical (unpaired) electrons. The van der Waals surface area contributed by atoms with E-state index in [0.29, 0.717) is 6.04 Å². The zero-order valence-electron chi connectivity index (χ0n) is 12.7. The van der Waals surface area contributed by atoms with Crippen LogP contribution in [0.4, 0.5) is 0 Å². The second kappa shape index (κ2) is 7.06. The van der Waals surface area contributed by atoms with E-state index in [1.54, 1.807) is 0 Å². The van der Waals surface area contributed by atoms with Gasteiger partial charge >= 0.3 is 0 Å². The first-order chi connectivity index (χ1) is 9.30. The van der Waals surface area contributed by atoms with Crippen LogP contribution in [0, 0.1) is 5.92 Å². The molecule has 1 aliphatic heterocycles. The average Bonchev–Trinajstić information content (AvgIpc) is 2.47. The van der Waals surface area contributed by atoms with E-state index in [1.807, 2.05) is 0 Å². The summed E-state index contributed by atoms with van der Waals surface area (Å²) in [7, 11) is 2.07. The van der Waals surface area contributed by atoms with Crippen LogP contribution < -0.4 is 5.32 Å². The number of hydrogen-bond acceptors (Lipinski definition) is 2. The minimum absolute atomic E-state index is 0.595. The number of piperidine rings is 1. The molecule has 1 aliphatic rings. The van der Waals surface area contributed by atoms with E-state index in [9.17, 15) is 0 Å². The molecule has 2 heteroatoms. The van der Waals surface area contributed by atoms with E-state index >= 15 is 0 Å². The van der Waals surface area contributed by atoms with E-state index in [4.69, 9.17) is 0 Å². The molecule has 1 heterocycles. The molecule has 1 aromatic rings. The summed E-state index contributed by atoms with van der Waals surface area (Å²) in [6.45, 7) is 8.03. The van der Waals surface area contributed by atoms with Gasteiger partial charge in [0.2, 0.25) is 0 Å². The summed E-state index contributed by atoms with van der Waals surface area (Å²) in [6.07, 6.45) is 3.81. The highest BCUT2D eigenvalue weighted by Gasteiger charge is 2.31. The number of nitrogens with one attached hydrogen (secondary N) is 1. The van der Waals surface area contributed by atoms with Crippen molar-refractivity contribution in [1.29, 1.82) is 0 Å². The third kappa shape index (κ3) is 3.37. The van der Waals surface area contributed by atoms with Crippen molar-refractivity contribution in [1.82, 2.24) is 10.2 Å². The van der Waals surface area contributed by atoms with Crippen LogP contribution in [0.3, 0.4) is 0 Å². The molecule has 1 aromatic carbocycles. The van der Waals surface area contributed by atoms with Crippen LogP contribution in [0.5, 0.6) is 0 Å². The average molecular weight is 260 g/mol. The Kier molecular flexibility index (Phi) is 5.41. The molecule has 106 valence electrons. The van der Waals surface area contributed by atoms with E-state index < -0.39 is 0 Å². The number of rotatable bonds is 5. The van der Waals surface area contributed by atoms with E-state index in [0.717, 1.165) is 25.4 Å². The van der Waals surface area contributed by atoms with Gasteiger partial charge in [-0.05, 0) is 63.0 Å². The maximum atomic E-state index is 3.38. The van der Waals surface area contributed by atoms with Crippen LogP contribution in [0.25, 0.3) is 0 Å². The molecule has 1 fully saturated rings. The minimum atomic E-state index is 0.595. The molecule has 2 atom stereocenters. The Bertz CT molecular complexity index is 369. The van der Waals surface area contributed by atoms with Gasteiger partial charge in [0.15, 0.2) is 0 Å². The van der Waals surface area contributed by atoms with Crippen LogP contribution in [0.2, 0.25) is 0 Å². The van der Waals surface area contributed by atoms with Crippen molar-refractivity contribution in [3.8, 4) is 0 Å². The van der Waals surface area contributed by atoms with Gasteiger partial charge in [-0.15, -0.1) is 0 Å². The first-order valence-corrected chi connectivity index (χ1v) is 7.77. The standard InChI is InChI=1S/C17H28N2/c1-4-14-8-10-15(11-9-14)17-16(13-18-3)7-6-12-19(17)5-2/h8-11,16-18H,4-7,12-13H2,1-3H3. The number of likely N-dealkylation sites (tertiary alicyclic amines) is 1. The largest absolute Gasteiger partial charge is 0.319 e. The molecule has 0 spiro atoms.